The van der Waals surface area contributed by atoms with Crippen LogP contribution in [0.3, 0.4) is 0 Å². The van der Waals surface area contributed by atoms with Gasteiger partial charge in [-0.15, -0.1) is 0 Å². The molecule has 16 heavy (non-hydrogen) atoms. The van der Waals surface area contributed by atoms with Crippen molar-refractivity contribution < 1.29 is 9.13 Å². The van der Waals surface area contributed by atoms with Crippen molar-refractivity contribution in [3.63, 3.8) is 0 Å². The van der Waals surface area contributed by atoms with Crippen molar-refractivity contribution in [2.24, 2.45) is 0 Å². The van der Waals surface area contributed by atoms with Gasteiger partial charge in [-0.05, 0) is 42.0 Å². The molecule has 0 saturated carbocycles. The van der Waals surface area contributed by atoms with Gasteiger partial charge in [0.15, 0.2) is 0 Å². The minimum absolute atomic E-state index is 0.456. The van der Waals surface area contributed by atoms with Gasteiger partial charge in [0.1, 0.15) is 18.2 Å². The van der Waals surface area contributed by atoms with E-state index in [9.17, 15) is 4.39 Å². The number of halogens is 1. The van der Waals surface area contributed by atoms with Crippen LogP contribution < -0.4 is 10.5 Å². The smallest absolute Gasteiger partial charge is 0.127 e. The second-order valence-electron chi connectivity index (χ2n) is 3.45. The number of ether oxygens (including phenoxy) is 1. The molecule has 0 aliphatic carbocycles. The average molecular weight is 217 g/mol. The van der Waals surface area contributed by atoms with Crippen molar-refractivity contribution in [3.05, 3.63) is 54.1 Å². The number of anilines is 1. The lowest BCUT2D eigenvalue weighted by Crippen LogP contribution is -1.87. The molecule has 0 amide bonds. The molecule has 0 aliphatic rings. The molecule has 82 valence electrons. The standard InChI is InChI=1S/C13H12FNO/c14-9-10-1-5-12(6-2-10)16-13-7-3-11(15)4-8-13/h1-8H,9,15H2. The highest BCUT2D eigenvalue weighted by molar-refractivity contribution is 5.43. The van der Waals surface area contributed by atoms with E-state index in [1.54, 1.807) is 48.5 Å². The molecule has 0 unspecified atom stereocenters. The number of nitrogens with two attached hydrogens (primary N) is 1. The Bertz CT molecular complexity index is 450. The summed E-state index contributed by atoms with van der Waals surface area (Å²) in [4.78, 5) is 0. The Hall–Kier alpha value is -2.03. The zero-order chi connectivity index (χ0) is 11.4. The van der Waals surface area contributed by atoms with Crippen LogP contribution in [-0.4, -0.2) is 0 Å². The lowest BCUT2D eigenvalue weighted by molar-refractivity contribution is 0.475. The molecule has 0 spiro atoms. The minimum atomic E-state index is -0.456. The van der Waals surface area contributed by atoms with Crippen molar-refractivity contribution in [2.75, 3.05) is 5.73 Å². The largest absolute Gasteiger partial charge is 0.457 e. The third-order valence-electron chi connectivity index (χ3n) is 2.19. The number of benzene rings is 2. The van der Waals surface area contributed by atoms with Gasteiger partial charge >= 0.3 is 0 Å². The fourth-order valence-corrected chi connectivity index (χ4v) is 1.32. The van der Waals surface area contributed by atoms with Crippen LogP contribution >= 0.6 is 0 Å². The van der Waals surface area contributed by atoms with Gasteiger partial charge in [0.05, 0.1) is 0 Å². The van der Waals surface area contributed by atoms with E-state index in [0.717, 1.165) is 0 Å². The van der Waals surface area contributed by atoms with Crippen LogP contribution in [0.25, 0.3) is 0 Å². The number of hydrogen-bond donors (Lipinski definition) is 1. The zero-order valence-electron chi connectivity index (χ0n) is 8.69. The summed E-state index contributed by atoms with van der Waals surface area (Å²) in [6.07, 6.45) is 0. The van der Waals surface area contributed by atoms with Gasteiger partial charge < -0.3 is 10.5 Å². The normalized spacial score (nSPS) is 10.1. The topological polar surface area (TPSA) is 35.2 Å². The van der Waals surface area contributed by atoms with Crippen LogP contribution in [0.5, 0.6) is 11.5 Å². The summed E-state index contributed by atoms with van der Waals surface area (Å²) in [6, 6.07) is 14.0. The Labute approximate surface area is 93.5 Å². The summed E-state index contributed by atoms with van der Waals surface area (Å²) in [6.45, 7) is -0.456. The van der Waals surface area contributed by atoms with Crippen LogP contribution in [0, 0.1) is 0 Å². The molecule has 0 bridgehead atoms. The van der Waals surface area contributed by atoms with Crippen LogP contribution in [0.4, 0.5) is 10.1 Å². The van der Waals surface area contributed by atoms with Gasteiger partial charge in [0.25, 0.3) is 0 Å². The molecule has 2 rings (SSSR count). The van der Waals surface area contributed by atoms with Crippen molar-refractivity contribution in [1.82, 2.24) is 0 Å². The molecule has 0 aliphatic heterocycles. The van der Waals surface area contributed by atoms with E-state index >= 15 is 0 Å². The van der Waals surface area contributed by atoms with Crippen LogP contribution in [-0.2, 0) is 6.67 Å². The van der Waals surface area contributed by atoms with Gasteiger partial charge in [0.2, 0.25) is 0 Å². The van der Waals surface area contributed by atoms with E-state index in [1.165, 1.54) is 0 Å². The van der Waals surface area contributed by atoms with Crippen LogP contribution in [0.1, 0.15) is 5.56 Å². The van der Waals surface area contributed by atoms with E-state index in [1.807, 2.05) is 0 Å². The number of hydrogen-bond acceptors (Lipinski definition) is 2. The molecule has 0 atom stereocenters. The molecule has 0 saturated heterocycles. The highest BCUT2D eigenvalue weighted by Crippen LogP contribution is 2.22. The van der Waals surface area contributed by atoms with E-state index in [4.69, 9.17) is 10.5 Å². The van der Waals surface area contributed by atoms with E-state index in [-0.39, 0.29) is 0 Å². The highest BCUT2D eigenvalue weighted by atomic mass is 19.1. The van der Waals surface area contributed by atoms with Gasteiger partial charge in [-0.2, -0.15) is 0 Å². The van der Waals surface area contributed by atoms with Crippen molar-refractivity contribution in [1.29, 1.82) is 0 Å². The quantitative estimate of drug-likeness (QED) is 0.798. The maximum Gasteiger partial charge on any atom is 0.127 e. The first kappa shape index (κ1) is 10.5. The predicted molar refractivity (Wildman–Crippen MR) is 62.2 cm³/mol. The third kappa shape index (κ3) is 2.51. The Morgan fingerprint density at radius 2 is 1.38 bits per heavy atom. The molecule has 0 fully saturated rings. The van der Waals surface area contributed by atoms with Crippen LogP contribution in [0.15, 0.2) is 48.5 Å². The lowest BCUT2D eigenvalue weighted by atomic mass is 10.2. The average Bonchev–Trinajstić information content (AvgIpc) is 2.33. The van der Waals surface area contributed by atoms with E-state index < -0.39 is 6.67 Å². The number of rotatable bonds is 3. The Morgan fingerprint density at radius 3 is 1.88 bits per heavy atom. The molecule has 0 aromatic heterocycles. The number of nitrogen functional groups attached to an aromatic ring is 1. The second kappa shape index (κ2) is 4.66. The first-order valence-corrected chi connectivity index (χ1v) is 4.96. The monoisotopic (exact) mass is 217 g/mol. The molecular weight excluding hydrogens is 205 g/mol. The Kier molecular flexibility index (Phi) is 3.05. The van der Waals surface area contributed by atoms with Gasteiger partial charge in [-0.1, -0.05) is 12.1 Å². The maximum atomic E-state index is 12.3. The summed E-state index contributed by atoms with van der Waals surface area (Å²) >= 11 is 0. The summed E-state index contributed by atoms with van der Waals surface area (Å²) in [5.41, 5.74) is 6.90. The number of alkyl halides is 1. The zero-order valence-corrected chi connectivity index (χ0v) is 8.69. The summed E-state index contributed by atoms with van der Waals surface area (Å²) in [5, 5.41) is 0. The van der Waals surface area contributed by atoms with Gasteiger partial charge in [-0.25, -0.2) is 4.39 Å². The Balaban J connectivity index is 2.11. The van der Waals surface area contributed by atoms with Crippen LogP contribution in [0.2, 0.25) is 0 Å². The maximum absolute atomic E-state index is 12.3. The molecule has 0 heterocycles. The van der Waals surface area contributed by atoms with Gasteiger partial charge in [-0.3, -0.25) is 0 Å². The second-order valence-corrected chi connectivity index (χ2v) is 3.45. The lowest BCUT2D eigenvalue weighted by Gasteiger charge is -2.06. The van der Waals surface area contributed by atoms with Gasteiger partial charge in [0, 0.05) is 5.69 Å². The van der Waals surface area contributed by atoms with E-state index in [0.29, 0.717) is 22.7 Å². The van der Waals surface area contributed by atoms with Crippen molar-refractivity contribution in [3.8, 4) is 11.5 Å². The molecular formula is C13H12FNO. The Morgan fingerprint density at radius 1 is 0.875 bits per heavy atom. The third-order valence-corrected chi connectivity index (χ3v) is 2.19. The fraction of sp³-hybridized carbons (Fsp3) is 0.0769. The van der Waals surface area contributed by atoms with E-state index in [2.05, 4.69) is 0 Å². The molecule has 2 aromatic rings. The van der Waals surface area contributed by atoms with Crippen molar-refractivity contribution in [2.45, 2.75) is 6.67 Å². The fourth-order valence-electron chi connectivity index (χ4n) is 1.32. The van der Waals surface area contributed by atoms with Crippen molar-refractivity contribution >= 4 is 5.69 Å². The molecule has 2 aromatic carbocycles. The molecule has 2 N–H and O–H groups in total. The summed E-state index contributed by atoms with van der Waals surface area (Å²) in [7, 11) is 0. The summed E-state index contributed by atoms with van der Waals surface area (Å²) in [5.74, 6) is 1.39. The minimum Gasteiger partial charge on any atom is -0.457 e. The first-order valence-electron chi connectivity index (χ1n) is 4.96. The predicted octanol–water partition coefficient (Wildman–Crippen LogP) is 3.53. The molecule has 0 radical (unpaired) electrons. The summed E-state index contributed by atoms with van der Waals surface area (Å²) < 4.78 is 17.8. The molecule has 3 heteroatoms. The first-order chi connectivity index (χ1) is 7.78. The highest BCUT2D eigenvalue weighted by Gasteiger charge is 1.97. The SMILES string of the molecule is Nc1ccc(Oc2ccc(CF)cc2)cc1. The molecule has 2 nitrogen and oxygen atoms in total.